The maximum atomic E-state index is 8.68. The molecule has 72 valence electrons. The van der Waals surface area contributed by atoms with Crippen molar-refractivity contribution in [3.63, 3.8) is 0 Å². The van der Waals surface area contributed by atoms with Gasteiger partial charge in [0.25, 0.3) is 0 Å². The molecule has 0 radical (unpaired) electrons. The molecule has 0 aromatic rings. The number of oxime groups is 1. The molecule has 0 aliphatic rings. The smallest absolute Gasteiger partial charge is 0.139 e. The third-order valence-corrected chi connectivity index (χ3v) is 2.61. The van der Waals surface area contributed by atoms with Gasteiger partial charge >= 0.3 is 0 Å². The third-order valence-electron chi connectivity index (χ3n) is 1.37. The lowest BCUT2D eigenvalue weighted by Crippen LogP contribution is -2.12. The third kappa shape index (κ3) is 6.30. The van der Waals surface area contributed by atoms with Crippen LogP contribution in [0.2, 0.25) is 0 Å². The highest BCUT2D eigenvalue weighted by Crippen LogP contribution is 2.11. The SMILES string of the molecule is CC(CO)SCCCC(N)=NO. The van der Waals surface area contributed by atoms with Crippen molar-refractivity contribution in [2.75, 3.05) is 12.4 Å². The number of hydrogen-bond donors (Lipinski definition) is 3. The van der Waals surface area contributed by atoms with E-state index in [2.05, 4.69) is 5.16 Å². The first kappa shape index (κ1) is 11.6. The Balaban J connectivity index is 3.21. The van der Waals surface area contributed by atoms with Gasteiger partial charge in [-0.3, -0.25) is 0 Å². The minimum Gasteiger partial charge on any atom is -0.409 e. The molecule has 0 amide bonds. The van der Waals surface area contributed by atoms with Gasteiger partial charge in [-0.05, 0) is 12.2 Å². The van der Waals surface area contributed by atoms with Gasteiger partial charge in [0.05, 0.1) is 6.61 Å². The average Bonchev–Trinajstić information content (AvgIpc) is 2.11. The summed E-state index contributed by atoms with van der Waals surface area (Å²) >= 11 is 1.69. The van der Waals surface area contributed by atoms with Crippen molar-refractivity contribution in [3.05, 3.63) is 0 Å². The van der Waals surface area contributed by atoms with Crippen molar-refractivity contribution in [3.8, 4) is 0 Å². The zero-order valence-electron chi connectivity index (χ0n) is 7.23. The Labute approximate surface area is 76.8 Å². The molecular weight excluding hydrogens is 176 g/mol. The predicted molar refractivity (Wildman–Crippen MR) is 51.6 cm³/mol. The zero-order chi connectivity index (χ0) is 9.40. The summed E-state index contributed by atoms with van der Waals surface area (Å²) in [4.78, 5) is 0. The molecule has 5 heteroatoms. The number of aliphatic hydroxyl groups excluding tert-OH is 1. The minimum absolute atomic E-state index is 0.203. The fraction of sp³-hybridized carbons (Fsp3) is 0.857. The Morgan fingerprint density at radius 2 is 2.33 bits per heavy atom. The van der Waals surface area contributed by atoms with Crippen LogP contribution in [0, 0.1) is 0 Å². The Morgan fingerprint density at radius 3 is 2.83 bits per heavy atom. The van der Waals surface area contributed by atoms with E-state index in [9.17, 15) is 0 Å². The van der Waals surface area contributed by atoms with E-state index in [4.69, 9.17) is 16.0 Å². The monoisotopic (exact) mass is 192 g/mol. The topological polar surface area (TPSA) is 78.8 Å². The van der Waals surface area contributed by atoms with Gasteiger partial charge < -0.3 is 16.0 Å². The Morgan fingerprint density at radius 1 is 1.67 bits per heavy atom. The van der Waals surface area contributed by atoms with E-state index in [1.165, 1.54) is 0 Å². The predicted octanol–water partition coefficient (Wildman–Crippen LogP) is 0.627. The number of nitrogens with two attached hydrogens (primary N) is 1. The molecule has 4 N–H and O–H groups in total. The van der Waals surface area contributed by atoms with Gasteiger partial charge in [0.1, 0.15) is 5.84 Å². The second-order valence-corrected chi connectivity index (χ2v) is 4.11. The van der Waals surface area contributed by atoms with Crippen LogP contribution in [0.1, 0.15) is 19.8 Å². The molecule has 0 rings (SSSR count). The number of amidine groups is 1. The van der Waals surface area contributed by atoms with Gasteiger partial charge in [0, 0.05) is 11.7 Å². The molecule has 1 atom stereocenters. The highest BCUT2D eigenvalue weighted by molar-refractivity contribution is 7.99. The lowest BCUT2D eigenvalue weighted by Gasteiger charge is -2.06. The number of hydrogen-bond acceptors (Lipinski definition) is 4. The van der Waals surface area contributed by atoms with Crippen LogP contribution in [0.25, 0.3) is 0 Å². The van der Waals surface area contributed by atoms with Crippen molar-refractivity contribution < 1.29 is 10.3 Å². The molecule has 0 aliphatic heterocycles. The number of thioether (sulfide) groups is 1. The molecule has 0 aliphatic carbocycles. The van der Waals surface area contributed by atoms with E-state index in [1.54, 1.807) is 11.8 Å². The van der Waals surface area contributed by atoms with Crippen LogP contribution in [0.4, 0.5) is 0 Å². The summed E-state index contributed by atoms with van der Waals surface area (Å²) in [6.45, 7) is 2.17. The van der Waals surface area contributed by atoms with Crippen LogP contribution in [-0.2, 0) is 0 Å². The van der Waals surface area contributed by atoms with Crippen LogP contribution < -0.4 is 5.73 Å². The summed E-state index contributed by atoms with van der Waals surface area (Å²) in [5.41, 5.74) is 5.26. The molecule has 0 bridgehead atoms. The van der Waals surface area contributed by atoms with Gasteiger partial charge in [0.15, 0.2) is 0 Å². The number of rotatable bonds is 6. The van der Waals surface area contributed by atoms with Crippen LogP contribution in [0.5, 0.6) is 0 Å². The van der Waals surface area contributed by atoms with Crippen molar-refractivity contribution in [1.82, 2.24) is 0 Å². The highest BCUT2D eigenvalue weighted by atomic mass is 32.2. The first-order valence-electron chi connectivity index (χ1n) is 3.89. The molecule has 0 heterocycles. The molecule has 12 heavy (non-hydrogen) atoms. The van der Waals surface area contributed by atoms with Crippen LogP contribution in [0.15, 0.2) is 5.16 Å². The average molecular weight is 192 g/mol. The van der Waals surface area contributed by atoms with Crippen LogP contribution in [0.3, 0.4) is 0 Å². The summed E-state index contributed by atoms with van der Waals surface area (Å²) in [5.74, 6) is 1.20. The van der Waals surface area contributed by atoms with Crippen LogP contribution in [-0.4, -0.2) is 33.8 Å². The summed E-state index contributed by atoms with van der Waals surface area (Å²) < 4.78 is 0. The molecule has 4 nitrogen and oxygen atoms in total. The van der Waals surface area contributed by atoms with Gasteiger partial charge in [-0.25, -0.2) is 0 Å². The largest absolute Gasteiger partial charge is 0.409 e. The quantitative estimate of drug-likeness (QED) is 0.189. The molecule has 0 spiro atoms. The van der Waals surface area contributed by atoms with Crippen LogP contribution >= 0.6 is 11.8 Å². The maximum Gasteiger partial charge on any atom is 0.139 e. The lowest BCUT2D eigenvalue weighted by molar-refractivity contribution is 0.300. The molecule has 0 fully saturated rings. The van der Waals surface area contributed by atoms with Gasteiger partial charge in [-0.1, -0.05) is 12.1 Å². The maximum absolute atomic E-state index is 8.68. The summed E-state index contributed by atoms with van der Waals surface area (Å²) in [6.07, 6.45) is 1.49. The first-order chi connectivity index (χ1) is 5.70. The highest BCUT2D eigenvalue weighted by Gasteiger charge is 2.00. The molecule has 1 unspecified atom stereocenters. The second-order valence-electron chi connectivity index (χ2n) is 2.56. The Hall–Kier alpha value is -0.420. The van der Waals surface area contributed by atoms with E-state index >= 15 is 0 Å². The normalized spacial score (nSPS) is 14.7. The zero-order valence-corrected chi connectivity index (χ0v) is 8.05. The van der Waals surface area contributed by atoms with Crippen molar-refractivity contribution in [2.24, 2.45) is 10.9 Å². The number of aliphatic hydroxyl groups is 1. The van der Waals surface area contributed by atoms with Crippen molar-refractivity contribution >= 4 is 17.6 Å². The molecule has 0 saturated heterocycles. The Kier molecular flexibility index (Phi) is 6.99. The molecule has 0 aromatic carbocycles. The summed E-state index contributed by atoms with van der Waals surface area (Å²) in [6, 6.07) is 0. The van der Waals surface area contributed by atoms with Crippen molar-refractivity contribution in [1.29, 1.82) is 0 Å². The van der Waals surface area contributed by atoms with Gasteiger partial charge in [-0.15, -0.1) is 0 Å². The first-order valence-corrected chi connectivity index (χ1v) is 4.94. The summed E-state index contributed by atoms with van der Waals surface area (Å²) in [5, 5.41) is 20.0. The molecular formula is C7H16N2O2S. The molecule has 0 aromatic heterocycles. The standard InChI is InChI=1S/C7H16N2O2S/c1-6(5-10)12-4-2-3-7(8)9-11/h6,10-11H,2-5H2,1H3,(H2,8,9). The van der Waals surface area contributed by atoms with Gasteiger partial charge in [-0.2, -0.15) is 11.8 Å². The van der Waals surface area contributed by atoms with E-state index in [-0.39, 0.29) is 17.7 Å². The fourth-order valence-corrected chi connectivity index (χ4v) is 1.46. The Bertz CT molecular complexity index is 141. The van der Waals surface area contributed by atoms with E-state index in [1.807, 2.05) is 6.92 Å². The minimum atomic E-state index is 0.203. The van der Waals surface area contributed by atoms with E-state index in [0.717, 1.165) is 12.2 Å². The fourth-order valence-electron chi connectivity index (χ4n) is 0.641. The van der Waals surface area contributed by atoms with E-state index in [0.29, 0.717) is 6.42 Å². The summed E-state index contributed by atoms with van der Waals surface area (Å²) in [7, 11) is 0. The lowest BCUT2D eigenvalue weighted by atomic mass is 10.3. The van der Waals surface area contributed by atoms with Crippen molar-refractivity contribution in [2.45, 2.75) is 25.0 Å². The van der Waals surface area contributed by atoms with E-state index < -0.39 is 0 Å². The second kappa shape index (κ2) is 7.24. The number of nitrogens with zero attached hydrogens (tertiary/aromatic N) is 1. The molecule has 0 saturated carbocycles. The van der Waals surface area contributed by atoms with Gasteiger partial charge in [0.2, 0.25) is 0 Å².